The Kier molecular flexibility index (Phi) is 1.58. The van der Waals surface area contributed by atoms with Crippen molar-refractivity contribution in [3.63, 3.8) is 0 Å². The van der Waals surface area contributed by atoms with Crippen molar-refractivity contribution in [3.8, 4) is 0 Å². The van der Waals surface area contributed by atoms with Crippen LogP contribution in [0.4, 0.5) is 4.39 Å². The smallest absolute Gasteiger partial charge is 0.141 e. The third-order valence-corrected chi connectivity index (χ3v) is 1.95. The molecule has 0 amide bonds. The molecule has 2 heterocycles. The number of pyridine rings is 1. The highest BCUT2D eigenvalue weighted by Gasteiger charge is 2.18. The zero-order chi connectivity index (χ0) is 7.68. The molecule has 1 aliphatic heterocycles. The molecule has 58 valence electrons. The second-order valence-corrected chi connectivity index (χ2v) is 2.73. The fraction of sp³-hybridized carbons (Fsp3) is 0.375. The fourth-order valence-corrected chi connectivity index (χ4v) is 1.19. The van der Waals surface area contributed by atoms with E-state index >= 15 is 0 Å². The largest absolute Gasteiger partial charge is 0.310 e. The minimum atomic E-state index is -0.254. The molecule has 3 heteroatoms. The summed E-state index contributed by atoms with van der Waals surface area (Å²) >= 11 is 0. The Morgan fingerprint density at radius 2 is 2.36 bits per heavy atom. The van der Waals surface area contributed by atoms with Gasteiger partial charge in [-0.1, -0.05) is 0 Å². The Balaban J connectivity index is 2.23. The molecular formula is C8H9FN2. The summed E-state index contributed by atoms with van der Waals surface area (Å²) in [4.78, 5) is 3.77. The molecular weight excluding hydrogens is 143 g/mol. The Morgan fingerprint density at radius 1 is 1.55 bits per heavy atom. The van der Waals surface area contributed by atoms with Crippen LogP contribution in [-0.2, 0) is 0 Å². The van der Waals surface area contributed by atoms with Crippen molar-refractivity contribution in [1.82, 2.24) is 10.3 Å². The standard InChI is InChI=1S/C8H9FN2/c9-7-3-6(4-10-5-7)8-1-2-11-8/h3-5,8,11H,1-2H2/t8-/m1/s1. The topological polar surface area (TPSA) is 24.9 Å². The van der Waals surface area contributed by atoms with Gasteiger partial charge < -0.3 is 5.32 Å². The second kappa shape index (κ2) is 2.58. The lowest BCUT2D eigenvalue weighted by Gasteiger charge is -2.27. The molecule has 1 aromatic rings. The van der Waals surface area contributed by atoms with Gasteiger partial charge in [0.25, 0.3) is 0 Å². The van der Waals surface area contributed by atoms with Crippen LogP contribution in [-0.4, -0.2) is 11.5 Å². The van der Waals surface area contributed by atoms with Crippen LogP contribution in [0.1, 0.15) is 18.0 Å². The number of rotatable bonds is 1. The van der Waals surface area contributed by atoms with Crippen molar-refractivity contribution >= 4 is 0 Å². The van der Waals surface area contributed by atoms with Gasteiger partial charge in [0.05, 0.1) is 6.20 Å². The molecule has 1 saturated heterocycles. The van der Waals surface area contributed by atoms with Gasteiger partial charge in [-0.2, -0.15) is 0 Å². The first kappa shape index (κ1) is 6.73. The summed E-state index contributed by atoms with van der Waals surface area (Å²) in [5.74, 6) is -0.254. The average Bonchev–Trinajstić information content (AvgIpc) is 1.83. The van der Waals surface area contributed by atoms with Crippen LogP contribution in [0.5, 0.6) is 0 Å². The van der Waals surface area contributed by atoms with Gasteiger partial charge in [-0.3, -0.25) is 4.98 Å². The molecule has 0 bridgehead atoms. The predicted octanol–water partition coefficient (Wildman–Crippen LogP) is 1.26. The first-order valence-corrected chi connectivity index (χ1v) is 3.70. The molecule has 11 heavy (non-hydrogen) atoms. The number of halogens is 1. The maximum Gasteiger partial charge on any atom is 0.141 e. The van der Waals surface area contributed by atoms with Crippen molar-refractivity contribution in [2.45, 2.75) is 12.5 Å². The van der Waals surface area contributed by atoms with Gasteiger partial charge in [-0.25, -0.2) is 4.39 Å². The third-order valence-electron chi connectivity index (χ3n) is 1.95. The van der Waals surface area contributed by atoms with Crippen LogP contribution in [0.2, 0.25) is 0 Å². The number of hydrogen-bond acceptors (Lipinski definition) is 2. The van der Waals surface area contributed by atoms with E-state index in [2.05, 4.69) is 10.3 Å². The van der Waals surface area contributed by atoms with E-state index in [9.17, 15) is 4.39 Å². The van der Waals surface area contributed by atoms with Gasteiger partial charge >= 0.3 is 0 Å². The van der Waals surface area contributed by atoms with Crippen molar-refractivity contribution in [2.24, 2.45) is 0 Å². The minimum absolute atomic E-state index is 0.254. The normalized spacial score (nSPS) is 22.8. The Labute approximate surface area is 64.5 Å². The summed E-state index contributed by atoms with van der Waals surface area (Å²) in [6.45, 7) is 1.03. The highest BCUT2D eigenvalue weighted by Crippen LogP contribution is 2.21. The number of hydrogen-bond donors (Lipinski definition) is 1. The van der Waals surface area contributed by atoms with Crippen molar-refractivity contribution in [1.29, 1.82) is 0 Å². The quantitative estimate of drug-likeness (QED) is 0.655. The van der Waals surface area contributed by atoms with Gasteiger partial charge in [0.2, 0.25) is 0 Å². The molecule has 0 saturated carbocycles. The van der Waals surface area contributed by atoms with E-state index in [4.69, 9.17) is 0 Å². The maximum absolute atomic E-state index is 12.6. The van der Waals surface area contributed by atoms with Crippen LogP contribution in [0, 0.1) is 5.82 Å². The van der Waals surface area contributed by atoms with E-state index < -0.39 is 0 Å². The van der Waals surface area contributed by atoms with Gasteiger partial charge in [0, 0.05) is 12.2 Å². The first-order chi connectivity index (χ1) is 5.36. The SMILES string of the molecule is Fc1cncc([C@H]2CCN2)c1. The highest BCUT2D eigenvalue weighted by atomic mass is 19.1. The molecule has 2 rings (SSSR count). The lowest BCUT2D eigenvalue weighted by atomic mass is 10.00. The molecule has 1 aromatic heterocycles. The van der Waals surface area contributed by atoms with Gasteiger partial charge in [-0.15, -0.1) is 0 Å². The molecule has 1 N–H and O–H groups in total. The molecule has 2 nitrogen and oxygen atoms in total. The maximum atomic E-state index is 12.6. The van der Waals surface area contributed by atoms with E-state index in [1.165, 1.54) is 12.3 Å². The summed E-state index contributed by atoms with van der Waals surface area (Å²) in [6.07, 6.45) is 4.02. The molecule has 0 unspecified atom stereocenters. The molecule has 1 atom stereocenters. The van der Waals surface area contributed by atoms with Crippen molar-refractivity contribution in [3.05, 3.63) is 29.8 Å². The summed E-state index contributed by atoms with van der Waals surface area (Å²) in [6, 6.07) is 1.86. The fourth-order valence-electron chi connectivity index (χ4n) is 1.19. The van der Waals surface area contributed by atoms with Crippen LogP contribution < -0.4 is 5.32 Å². The lowest BCUT2D eigenvalue weighted by Crippen LogP contribution is -2.35. The Hall–Kier alpha value is -0.960. The van der Waals surface area contributed by atoms with Crippen LogP contribution in [0.3, 0.4) is 0 Å². The zero-order valence-electron chi connectivity index (χ0n) is 6.05. The summed E-state index contributed by atoms with van der Waals surface area (Å²) in [7, 11) is 0. The lowest BCUT2D eigenvalue weighted by molar-refractivity contribution is 0.381. The second-order valence-electron chi connectivity index (χ2n) is 2.73. The predicted molar refractivity (Wildman–Crippen MR) is 39.6 cm³/mol. The van der Waals surface area contributed by atoms with Gasteiger partial charge in [-0.05, 0) is 24.6 Å². The zero-order valence-corrected chi connectivity index (χ0v) is 6.05. The Bertz CT molecular complexity index is 258. The monoisotopic (exact) mass is 152 g/mol. The molecule has 0 radical (unpaired) electrons. The highest BCUT2D eigenvalue weighted by molar-refractivity contribution is 5.17. The van der Waals surface area contributed by atoms with E-state index in [0.29, 0.717) is 6.04 Å². The van der Waals surface area contributed by atoms with Crippen LogP contribution >= 0.6 is 0 Å². The number of nitrogens with zero attached hydrogens (tertiary/aromatic N) is 1. The van der Waals surface area contributed by atoms with Crippen LogP contribution in [0.25, 0.3) is 0 Å². The van der Waals surface area contributed by atoms with Gasteiger partial charge in [0.1, 0.15) is 5.82 Å². The third kappa shape index (κ3) is 1.24. The molecule has 0 aliphatic carbocycles. The van der Waals surface area contributed by atoms with Crippen molar-refractivity contribution in [2.75, 3.05) is 6.54 Å². The average molecular weight is 152 g/mol. The van der Waals surface area contributed by atoms with E-state index in [1.807, 2.05) is 0 Å². The molecule has 1 aliphatic rings. The minimum Gasteiger partial charge on any atom is -0.310 e. The molecule has 1 fully saturated rings. The summed E-state index contributed by atoms with van der Waals surface area (Å²) in [5, 5.41) is 3.18. The Morgan fingerprint density at radius 3 is 2.91 bits per heavy atom. The number of aromatic nitrogens is 1. The van der Waals surface area contributed by atoms with E-state index in [0.717, 1.165) is 18.5 Å². The summed E-state index contributed by atoms with van der Waals surface area (Å²) < 4.78 is 12.6. The van der Waals surface area contributed by atoms with E-state index in [-0.39, 0.29) is 5.82 Å². The van der Waals surface area contributed by atoms with Crippen molar-refractivity contribution < 1.29 is 4.39 Å². The first-order valence-electron chi connectivity index (χ1n) is 3.70. The molecule has 0 aromatic carbocycles. The summed E-state index contributed by atoms with van der Waals surface area (Å²) in [5.41, 5.74) is 0.955. The van der Waals surface area contributed by atoms with E-state index in [1.54, 1.807) is 6.20 Å². The molecule has 0 spiro atoms. The van der Waals surface area contributed by atoms with Gasteiger partial charge in [0.15, 0.2) is 0 Å². The number of nitrogens with one attached hydrogen (secondary N) is 1. The van der Waals surface area contributed by atoms with Crippen LogP contribution in [0.15, 0.2) is 18.5 Å².